The van der Waals surface area contributed by atoms with Crippen LogP contribution >= 0.6 is 0 Å². The van der Waals surface area contributed by atoms with Crippen molar-refractivity contribution in [2.24, 2.45) is 5.92 Å². The maximum Gasteiger partial charge on any atom is 0.490 e. The molecule has 224 valence electrons. The number of fused-ring (bicyclic) bond motifs is 2. The highest BCUT2D eigenvalue weighted by molar-refractivity contribution is 5.74. The maximum absolute atomic E-state index is 12.9. The van der Waals surface area contributed by atoms with Gasteiger partial charge in [0, 0.05) is 30.6 Å². The standard InChI is InChI=1S/C31H37N3O.C2HF3O2/c1-34-28-17-18-29(34)20-25(19-28)21-31(26-13-7-3-8-14-26,27-15-9-4-10-16-27)23-33-30(35)32-22-24-11-5-2-6-12-24;3-2(4,5)1(6)7/h2-16,25,28-29H,17-23H2,1H3,(H2,32,33,35);(H,6,7)/t25?,28-,29+;. The molecule has 2 aliphatic heterocycles. The summed E-state index contributed by atoms with van der Waals surface area (Å²) < 4.78 is 31.7. The van der Waals surface area contributed by atoms with E-state index < -0.39 is 12.1 Å². The molecule has 3 atom stereocenters. The predicted molar refractivity (Wildman–Crippen MR) is 156 cm³/mol. The minimum atomic E-state index is -5.08. The summed E-state index contributed by atoms with van der Waals surface area (Å²) in [6.07, 6.45) is 1.09. The molecule has 3 N–H and O–H groups in total. The van der Waals surface area contributed by atoms with Crippen molar-refractivity contribution in [3.05, 3.63) is 108 Å². The molecule has 1 unspecified atom stereocenters. The number of hydrogen-bond donors (Lipinski definition) is 3. The number of halogens is 3. The molecule has 2 saturated heterocycles. The molecule has 2 bridgehead atoms. The molecule has 6 nitrogen and oxygen atoms in total. The van der Waals surface area contributed by atoms with Gasteiger partial charge in [0.05, 0.1) is 0 Å². The third-order valence-electron chi connectivity index (χ3n) is 8.57. The first kappa shape index (κ1) is 31.1. The molecule has 0 aromatic heterocycles. The highest BCUT2D eigenvalue weighted by atomic mass is 19.4. The van der Waals surface area contributed by atoms with Crippen LogP contribution in [-0.4, -0.2) is 53.9 Å². The lowest BCUT2D eigenvalue weighted by Crippen LogP contribution is -2.48. The van der Waals surface area contributed by atoms with Crippen LogP contribution in [0.4, 0.5) is 18.0 Å². The van der Waals surface area contributed by atoms with Gasteiger partial charge in [-0.2, -0.15) is 13.2 Å². The lowest BCUT2D eigenvalue weighted by atomic mass is 9.67. The van der Waals surface area contributed by atoms with E-state index in [1.807, 2.05) is 30.3 Å². The molecular weight excluding hydrogens is 543 g/mol. The highest BCUT2D eigenvalue weighted by Crippen LogP contribution is 2.45. The number of carbonyl (C=O) groups excluding carboxylic acids is 1. The average Bonchev–Trinajstić information content (AvgIpc) is 3.19. The molecule has 3 aromatic carbocycles. The van der Waals surface area contributed by atoms with E-state index in [4.69, 9.17) is 9.90 Å². The first-order valence-electron chi connectivity index (χ1n) is 14.3. The Hall–Kier alpha value is -3.85. The summed E-state index contributed by atoms with van der Waals surface area (Å²) in [5.74, 6) is -2.12. The van der Waals surface area contributed by atoms with Crippen LogP contribution in [0.5, 0.6) is 0 Å². The van der Waals surface area contributed by atoms with Crippen LogP contribution in [0.15, 0.2) is 91.0 Å². The van der Waals surface area contributed by atoms with Crippen molar-refractivity contribution in [1.82, 2.24) is 15.5 Å². The van der Waals surface area contributed by atoms with Gasteiger partial charge in [-0.25, -0.2) is 9.59 Å². The van der Waals surface area contributed by atoms with Crippen LogP contribution in [0.3, 0.4) is 0 Å². The lowest BCUT2D eigenvalue weighted by molar-refractivity contribution is -0.192. The van der Waals surface area contributed by atoms with Crippen LogP contribution in [-0.2, 0) is 16.8 Å². The normalized spacial score (nSPS) is 20.2. The fourth-order valence-corrected chi connectivity index (χ4v) is 6.45. The van der Waals surface area contributed by atoms with E-state index in [1.165, 1.54) is 36.8 Å². The number of hydrogen-bond acceptors (Lipinski definition) is 3. The van der Waals surface area contributed by atoms with E-state index >= 15 is 0 Å². The largest absolute Gasteiger partial charge is 0.490 e. The van der Waals surface area contributed by atoms with Gasteiger partial charge in [-0.3, -0.25) is 0 Å². The number of aliphatic carboxylic acids is 1. The van der Waals surface area contributed by atoms with Crippen LogP contribution in [0.25, 0.3) is 0 Å². The molecule has 3 aromatic rings. The predicted octanol–water partition coefficient (Wildman–Crippen LogP) is 6.37. The molecule has 42 heavy (non-hydrogen) atoms. The van der Waals surface area contributed by atoms with E-state index in [0.29, 0.717) is 31.1 Å². The number of urea groups is 1. The van der Waals surface area contributed by atoms with Crippen molar-refractivity contribution in [1.29, 1.82) is 0 Å². The van der Waals surface area contributed by atoms with Crippen molar-refractivity contribution in [2.75, 3.05) is 13.6 Å². The molecule has 0 spiro atoms. The molecule has 2 amide bonds. The second kappa shape index (κ2) is 13.9. The Kier molecular flexibility index (Phi) is 10.3. The molecule has 2 heterocycles. The molecule has 0 aliphatic carbocycles. The van der Waals surface area contributed by atoms with E-state index in [9.17, 15) is 18.0 Å². The molecule has 2 fully saturated rings. The maximum atomic E-state index is 12.9. The van der Waals surface area contributed by atoms with Crippen molar-refractivity contribution < 1.29 is 27.9 Å². The third-order valence-corrected chi connectivity index (χ3v) is 8.57. The number of alkyl halides is 3. The fraction of sp³-hybridized carbons (Fsp3) is 0.394. The van der Waals surface area contributed by atoms with Gasteiger partial charge >= 0.3 is 18.2 Å². The van der Waals surface area contributed by atoms with Gasteiger partial charge in [-0.15, -0.1) is 0 Å². The SMILES string of the molecule is CN1[C@@H]2CC[C@H]1CC(CC(CNC(=O)NCc1ccccc1)(c1ccccc1)c1ccccc1)C2.O=C(O)C(F)(F)F. The van der Waals surface area contributed by atoms with Crippen molar-refractivity contribution >= 4 is 12.0 Å². The molecule has 5 rings (SSSR count). The summed E-state index contributed by atoms with van der Waals surface area (Å²) in [4.78, 5) is 24.5. The topological polar surface area (TPSA) is 81.7 Å². The van der Waals surface area contributed by atoms with Gasteiger partial charge in [0.15, 0.2) is 0 Å². The van der Waals surface area contributed by atoms with Gasteiger partial charge in [0.25, 0.3) is 0 Å². The van der Waals surface area contributed by atoms with E-state index in [-0.39, 0.29) is 11.4 Å². The van der Waals surface area contributed by atoms with Crippen molar-refractivity contribution in [3.8, 4) is 0 Å². The Morgan fingerprint density at radius 3 is 1.71 bits per heavy atom. The smallest absolute Gasteiger partial charge is 0.475 e. The number of amides is 2. The summed E-state index contributed by atoms with van der Waals surface area (Å²) in [5, 5.41) is 13.4. The molecule has 2 aliphatic rings. The quantitative estimate of drug-likeness (QED) is 0.289. The number of nitrogens with zero attached hydrogens (tertiary/aromatic N) is 1. The Morgan fingerprint density at radius 2 is 1.26 bits per heavy atom. The second-order valence-electron chi connectivity index (χ2n) is 11.2. The van der Waals surface area contributed by atoms with Gasteiger partial charge in [-0.05, 0) is 61.8 Å². The Balaban J connectivity index is 0.000000517. The Bertz CT molecular complexity index is 1240. The zero-order valence-corrected chi connectivity index (χ0v) is 23.7. The summed E-state index contributed by atoms with van der Waals surface area (Å²) in [6.45, 7) is 1.10. The minimum absolute atomic E-state index is 0.117. The summed E-state index contributed by atoms with van der Waals surface area (Å²) >= 11 is 0. The first-order chi connectivity index (χ1) is 20.1. The number of rotatable bonds is 8. The van der Waals surface area contributed by atoms with Crippen LogP contribution in [0, 0.1) is 5.92 Å². The number of benzene rings is 3. The number of piperidine rings is 1. The van der Waals surface area contributed by atoms with Crippen molar-refractivity contribution in [3.63, 3.8) is 0 Å². The molecular formula is C33H38F3N3O3. The minimum Gasteiger partial charge on any atom is -0.475 e. The Morgan fingerprint density at radius 1 is 0.810 bits per heavy atom. The van der Waals surface area contributed by atoms with Gasteiger partial charge in [0.1, 0.15) is 0 Å². The Labute approximate surface area is 244 Å². The molecule has 9 heteroatoms. The summed E-state index contributed by atoms with van der Waals surface area (Å²) in [6, 6.07) is 32.9. The van der Waals surface area contributed by atoms with Crippen LogP contribution in [0.2, 0.25) is 0 Å². The number of nitrogens with one attached hydrogen (secondary N) is 2. The zero-order valence-electron chi connectivity index (χ0n) is 23.7. The van der Waals surface area contributed by atoms with Gasteiger partial charge in [-0.1, -0.05) is 91.0 Å². The number of carboxylic acids is 1. The van der Waals surface area contributed by atoms with E-state index in [0.717, 1.165) is 12.0 Å². The fourth-order valence-electron chi connectivity index (χ4n) is 6.45. The number of carboxylic acid groups (broad SMARTS) is 1. The lowest BCUT2D eigenvalue weighted by Gasteiger charge is -2.43. The summed E-state index contributed by atoms with van der Waals surface area (Å²) in [7, 11) is 2.30. The first-order valence-corrected chi connectivity index (χ1v) is 14.3. The molecule has 0 saturated carbocycles. The monoisotopic (exact) mass is 581 g/mol. The van der Waals surface area contributed by atoms with Crippen LogP contribution < -0.4 is 10.6 Å². The average molecular weight is 582 g/mol. The number of carbonyl (C=O) groups is 2. The third kappa shape index (κ3) is 7.91. The molecule has 0 radical (unpaired) electrons. The van der Waals surface area contributed by atoms with Crippen molar-refractivity contribution in [2.45, 2.75) is 62.3 Å². The highest BCUT2D eigenvalue weighted by Gasteiger charge is 2.43. The zero-order chi connectivity index (χ0) is 30.2. The van der Waals surface area contributed by atoms with E-state index in [1.54, 1.807) is 0 Å². The van der Waals surface area contributed by atoms with Gasteiger partial charge in [0.2, 0.25) is 0 Å². The second-order valence-corrected chi connectivity index (χ2v) is 11.2. The summed E-state index contributed by atoms with van der Waals surface area (Å²) in [5.41, 5.74) is 3.38. The van der Waals surface area contributed by atoms with Gasteiger partial charge < -0.3 is 20.6 Å². The van der Waals surface area contributed by atoms with Crippen LogP contribution in [0.1, 0.15) is 48.8 Å². The van der Waals surface area contributed by atoms with E-state index in [2.05, 4.69) is 83.2 Å².